The summed E-state index contributed by atoms with van der Waals surface area (Å²) in [6.45, 7) is 5.63. The smallest absolute Gasteiger partial charge is 0.0141 e. The number of nitrogens with one attached hydrogen (secondary N) is 1. The molecule has 0 radical (unpaired) electrons. The number of hydrogen-bond donors (Lipinski definition) is 1. The lowest BCUT2D eigenvalue weighted by Gasteiger charge is -2.19. The fourth-order valence-corrected chi connectivity index (χ4v) is 1.94. The number of thioether (sulfide) groups is 1. The molecule has 1 aromatic carbocycles. The van der Waals surface area contributed by atoms with Gasteiger partial charge in [0.05, 0.1) is 0 Å². The van der Waals surface area contributed by atoms with Gasteiger partial charge in [-0.2, -0.15) is 11.8 Å². The fourth-order valence-electron chi connectivity index (χ4n) is 1.68. The normalized spacial score (nSPS) is 14.7. The van der Waals surface area contributed by atoms with E-state index >= 15 is 0 Å². The van der Waals surface area contributed by atoms with Crippen molar-refractivity contribution in [2.24, 2.45) is 0 Å². The second kappa shape index (κ2) is 7.75. The zero-order chi connectivity index (χ0) is 11.8. The van der Waals surface area contributed by atoms with E-state index in [1.165, 1.54) is 12.0 Å². The standard InChI is InChI=1S/C14H23NS/c1-4-14(15-11-12(2)16-3)10-13-8-6-5-7-9-13/h5-9,12,14-15H,4,10-11H2,1-3H3. The molecule has 0 spiro atoms. The summed E-state index contributed by atoms with van der Waals surface area (Å²) in [7, 11) is 0. The Labute approximate surface area is 104 Å². The molecule has 0 aromatic heterocycles. The lowest BCUT2D eigenvalue weighted by molar-refractivity contribution is 0.498. The maximum Gasteiger partial charge on any atom is 0.0141 e. The molecule has 0 heterocycles. The topological polar surface area (TPSA) is 12.0 Å². The SMILES string of the molecule is CCC(Cc1ccccc1)NCC(C)SC. The summed E-state index contributed by atoms with van der Waals surface area (Å²) in [5.74, 6) is 0. The van der Waals surface area contributed by atoms with Gasteiger partial charge < -0.3 is 5.32 Å². The molecule has 0 aliphatic carbocycles. The molecule has 0 aliphatic rings. The van der Waals surface area contributed by atoms with Crippen molar-refractivity contribution in [1.29, 1.82) is 0 Å². The lowest BCUT2D eigenvalue weighted by Crippen LogP contribution is -2.34. The second-order valence-corrected chi connectivity index (χ2v) is 5.53. The first kappa shape index (κ1) is 13.6. The number of hydrogen-bond acceptors (Lipinski definition) is 2. The van der Waals surface area contributed by atoms with E-state index < -0.39 is 0 Å². The van der Waals surface area contributed by atoms with Crippen molar-refractivity contribution in [3.05, 3.63) is 35.9 Å². The summed E-state index contributed by atoms with van der Waals surface area (Å²) in [4.78, 5) is 0. The zero-order valence-corrected chi connectivity index (χ0v) is 11.4. The van der Waals surface area contributed by atoms with E-state index in [1.807, 2.05) is 11.8 Å². The van der Waals surface area contributed by atoms with E-state index in [9.17, 15) is 0 Å². The molecule has 2 heteroatoms. The second-order valence-electron chi connectivity index (χ2n) is 4.25. The summed E-state index contributed by atoms with van der Waals surface area (Å²) < 4.78 is 0. The van der Waals surface area contributed by atoms with Gasteiger partial charge in [0, 0.05) is 17.8 Å². The Morgan fingerprint density at radius 2 is 1.94 bits per heavy atom. The van der Waals surface area contributed by atoms with Gasteiger partial charge in [-0.25, -0.2) is 0 Å². The molecule has 0 bridgehead atoms. The summed E-state index contributed by atoms with van der Waals surface area (Å²) in [5, 5.41) is 4.35. The van der Waals surface area contributed by atoms with Crippen LogP contribution in [0.25, 0.3) is 0 Å². The predicted molar refractivity (Wildman–Crippen MR) is 75.2 cm³/mol. The van der Waals surface area contributed by atoms with Gasteiger partial charge in [0.1, 0.15) is 0 Å². The molecule has 0 amide bonds. The third kappa shape index (κ3) is 5.04. The third-order valence-corrected chi connectivity index (χ3v) is 3.89. The molecule has 90 valence electrons. The molecule has 0 aliphatic heterocycles. The highest BCUT2D eigenvalue weighted by molar-refractivity contribution is 7.99. The van der Waals surface area contributed by atoms with Gasteiger partial charge in [-0.15, -0.1) is 0 Å². The molecule has 0 saturated heterocycles. The van der Waals surface area contributed by atoms with Crippen molar-refractivity contribution in [1.82, 2.24) is 5.32 Å². The quantitative estimate of drug-likeness (QED) is 0.780. The summed E-state index contributed by atoms with van der Waals surface area (Å²) in [5.41, 5.74) is 1.43. The first-order valence-electron chi connectivity index (χ1n) is 6.06. The van der Waals surface area contributed by atoms with E-state index in [0.29, 0.717) is 11.3 Å². The Morgan fingerprint density at radius 3 is 2.50 bits per heavy atom. The lowest BCUT2D eigenvalue weighted by atomic mass is 10.0. The van der Waals surface area contributed by atoms with Crippen LogP contribution in [-0.2, 0) is 6.42 Å². The van der Waals surface area contributed by atoms with Crippen LogP contribution in [0.1, 0.15) is 25.8 Å². The van der Waals surface area contributed by atoms with Gasteiger partial charge in [0.15, 0.2) is 0 Å². The first-order chi connectivity index (χ1) is 7.76. The molecule has 1 rings (SSSR count). The van der Waals surface area contributed by atoms with Crippen LogP contribution in [0, 0.1) is 0 Å². The van der Waals surface area contributed by atoms with Gasteiger partial charge in [0.2, 0.25) is 0 Å². The molecule has 0 saturated carbocycles. The van der Waals surface area contributed by atoms with Crippen LogP contribution in [0.5, 0.6) is 0 Å². The first-order valence-corrected chi connectivity index (χ1v) is 7.35. The van der Waals surface area contributed by atoms with E-state index in [2.05, 4.69) is 55.8 Å². The van der Waals surface area contributed by atoms with Crippen LogP contribution >= 0.6 is 11.8 Å². The van der Waals surface area contributed by atoms with Gasteiger partial charge in [-0.1, -0.05) is 44.2 Å². The number of benzene rings is 1. The average molecular weight is 237 g/mol. The van der Waals surface area contributed by atoms with Crippen LogP contribution in [0.3, 0.4) is 0 Å². The van der Waals surface area contributed by atoms with Gasteiger partial charge in [-0.3, -0.25) is 0 Å². The molecular formula is C14H23NS. The van der Waals surface area contributed by atoms with Gasteiger partial charge in [0.25, 0.3) is 0 Å². The molecule has 1 N–H and O–H groups in total. The highest BCUT2D eigenvalue weighted by atomic mass is 32.2. The maximum absolute atomic E-state index is 3.65. The van der Waals surface area contributed by atoms with Crippen molar-refractivity contribution in [2.45, 2.75) is 38.0 Å². The minimum absolute atomic E-state index is 0.608. The van der Waals surface area contributed by atoms with Crippen molar-refractivity contribution in [3.63, 3.8) is 0 Å². The Balaban J connectivity index is 2.37. The van der Waals surface area contributed by atoms with Crippen LogP contribution in [0.2, 0.25) is 0 Å². The highest BCUT2D eigenvalue weighted by Crippen LogP contribution is 2.08. The van der Waals surface area contributed by atoms with Crippen LogP contribution in [-0.4, -0.2) is 24.1 Å². The van der Waals surface area contributed by atoms with Crippen LogP contribution in [0.4, 0.5) is 0 Å². The summed E-state index contributed by atoms with van der Waals surface area (Å²) in [6.07, 6.45) is 4.50. The van der Waals surface area contributed by atoms with Gasteiger partial charge in [-0.05, 0) is 24.7 Å². The molecule has 1 nitrogen and oxygen atoms in total. The van der Waals surface area contributed by atoms with Crippen molar-refractivity contribution < 1.29 is 0 Å². The third-order valence-electron chi connectivity index (χ3n) is 2.91. The summed E-state index contributed by atoms with van der Waals surface area (Å²) in [6, 6.07) is 11.3. The Hall–Kier alpha value is -0.470. The molecule has 2 atom stereocenters. The van der Waals surface area contributed by atoms with Crippen molar-refractivity contribution >= 4 is 11.8 Å². The van der Waals surface area contributed by atoms with E-state index in [4.69, 9.17) is 0 Å². The largest absolute Gasteiger partial charge is 0.313 e. The molecule has 1 aromatic rings. The molecule has 0 fully saturated rings. The maximum atomic E-state index is 3.65. The van der Waals surface area contributed by atoms with E-state index in [1.54, 1.807) is 0 Å². The zero-order valence-electron chi connectivity index (χ0n) is 10.6. The summed E-state index contributed by atoms with van der Waals surface area (Å²) >= 11 is 1.92. The van der Waals surface area contributed by atoms with E-state index in [0.717, 1.165) is 13.0 Å². The molecule has 16 heavy (non-hydrogen) atoms. The highest BCUT2D eigenvalue weighted by Gasteiger charge is 2.08. The average Bonchev–Trinajstić information content (AvgIpc) is 2.35. The Morgan fingerprint density at radius 1 is 1.25 bits per heavy atom. The fraction of sp³-hybridized carbons (Fsp3) is 0.571. The Kier molecular flexibility index (Phi) is 6.58. The van der Waals surface area contributed by atoms with Gasteiger partial charge >= 0.3 is 0 Å². The van der Waals surface area contributed by atoms with Crippen LogP contribution < -0.4 is 5.32 Å². The molecular weight excluding hydrogens is 214 g/mol. The number of rotatable bonds is 7. The minimum atomic E-state index is 0.608. The molecule has 2 unspecified atom stereocenters. The van der Waals surface area contributed by atoms with E-state index in [-0.39, 0.29) is 0 Å². The van der Waals surface area contributed by atoms with Crippen molar-refractivity contribution in [3.8, 4) is 0 Å². The van der Waals surface area contributed by atoms with Crippen LogP contribution in [0.15, 0.2) is 30.3 Å². The Bertz CT molecular complexity index is 273. The minimum Gasteiger partial charge on any atom is -0.313 e. The predicted octanol–water partition coefficient (Wildman–Crippen LogP) is 3.35. The monoisotopic (exact) mass is 237 g/mol. The van der Waals surface area contributed by atoms with Crippen molar-refractivity contribution in [2.75, 3.05) is 12.8 Å².